The normalized spacial score (nSPS) is 14.6. The Labute approximate surface area is 233 Å². The molecule has 2 aromatic carbocycles. The molecule has 1 aliphatic rings. The number of rotatable bonds is 9. The van der Waals surface area contributed by atoms with Crippen molar-refractivity contribution in [2.24, 2.45) is 0 Å². The van der Waals surface area contributed by atoms with Crippen molar-refractivity contribution in [2.45, 2.75) is 32.7 Å². The largest absolute Gasteiger partial charge is 0.508 e. The van der Waals surface area contributed by atoms with Crippen LogP contribution in [0.15, 0.2) is 73.5 Å². The smallest absolute Gasteiger partial charge is 0.257 e. The first-order valence-electron chi connectivity index (χ1n) is 12.7. The number of para-hydroxylation sites is 1. The van der Waals surface area contributed by atoms with Crippen molar-refractivity contribution in [1.82, 2.24) is 15.2 Å². The topological polar surface area (TPSA) is 95.4 Å². The highest BCUT2D eigenvalue weighted by Gasteiger charge is 2.26. The zero-order valence-corrected chi connectivity index (χ0v) is 23.2. The van der Waals surface area contributed by atoms with Crippen LogP contribution >= 0.6 is 11.6 Å². The van der Waals surface area contributed by atoms with Crippen molar-refractivity contribution >= 4 is 40.6 Å². The first-order chi connectivity index (χ1) is 18.6. The number of amides is 2. The summed E-state index contributed by atoms with van der Waals surface area (Å²) in [6.45, 7) is 11.9. The Morgan fingerprint density at radius 2 is 1.87 bits per heavy atom. The second-order valence-corrected chi connectivity index (χ2v) is 9.99. The summed E-state index contributed by atoms with van der Waals surface area (Å²) in [6.07, 6.45) is 5.33. The second kappa shape index (κ2) is 11.8. The maximum atomic E-state index is 13.1. The molecule has 7 nitrogen and oxygen atoms in total. The molecular weight excluding hydrogens is 512 g/mol. The average molecular weight is 545 g/mol. The predicted octanol–water partition coefficient (Wildman–Crippen LogP) is 5.96. The first-order valence-corrected chi connectivity index (χ1v) is 13.1. The van der Waals surface area contributed by atoms with Gasteiger partial charge in [-0.25, -0.2) is 0 Å². The number of anilines is 1. The lowest BCUT2D eigenvalue weighted by molar-refractivity contribution is -0.116. The minimum atomic E-state index is -0.285. The van der Waals surface area contributed by atoms with E-state index in [4.69, 9.17) is 11.6 Å². The molecule has 1 aliphatic carbocycles. The number of fused-ring (bicyclic) bond motifs is 1. The van der Waals surface area contributed by atoms with Crippen LogP contribution in [-0.4, -0.2) is 35.1 Å². The Kier molecular flexibility index (Phi) is 8.43. The maximum absolute atomic E-state index is 13.1. The van der Waals surface area contributed by atoms with Crippen LogP contribution in [0.5, 0.6) is 0 Å². The molecule has 4 rings (SSSR count). The number of hydrogen-bond donors (Lipinski definition) is 4. The quantitative estimate of drug-likeness (QED) is 0.152. The van der Waals surface area contributed by atoms with Crippen molar-refractivity contribution in [2.75, 3.05) is 18.9 Å². The van der Waals surface area contributed by atoms with E-state index in [1.54, 1.807) is 43.5 Å². The molecule has 2 amide bonds. The van der Waals surface area contributed by atoms with Gasteiger partial charge in [0.15, 0.2) is 0 Å². The number of aliphatic hydroxyl groups is 1. The van der Waals surface area contributed by atoms with Gasteiger partial charge in [-0.05, 0) is 67.7 Å². The number of aliphatic hydroxyl groups excluding tert-OH is 1. The van der Waals surface area contributed by atoms with Crippen LogP contribution in [0.1, 0.15) is 50.8 Å². The van der Waals surface area contributed by atoms with Crippen molar-refractivity contribution in [3.63, 3.8) is 0 Å². The van der Waals surface area contributed by atoms with Crippen LogP contribution in [0.2, 0.25) is 5.02 Å². The second-order valence-electron chi connectivity index (χ2n) is 9.58. The van der Waals surface area contributed by atoms with Crippen LogP contribution < -0.4 is 16.0 Å². The third-order valence-electron chi connectivity index (χ3n) is 7.21. The van der Waals surface area contributed by atoms with Gasteiger partial charge in [0, 0.05) is 48.4 Å². The standard InChI is InChI=1S/C31H33ClN4O3/c1-18(30(38)33-5)16-22(17-34-28-13-12-24-19(2)23(21(4)37)10-11-26(24)28)36-15-14-25(20(36)3)31(39)35-29-9-7-6-8-27(29)32/h6-11,14-16,28,34,37H,1,4,12-13,17H2,2-3,5H3,(H,33,38)(H,35,39)/b22-16-. The molecular formula is C31H33ClN4O3. The van der Waals surface area contributed by atoms with E-state index in [9.17, 15) is 14.7 Å². The van der Waals surface area contributed by atoms with Crippen LogP contribution in [0.3, 0.4) is 0 Å². The van der Waals surface area contributed by atoms with Gasteiger partial charge in [-0.1, -0.05) is 49.0 Å². The van der Waals surface area contributed by atoms with E-state index in [2.05, 4.69) is 29.1 Å². The summed E-state index contributed by atoms with van der Waals surface area (Å²) in [5.41, 5.74) is 7.02. The van der Waals surface area contributed by atoms with E-state index >= 15 is 0 Å². The third kappa shape index (κ3) is 5.85. The SMILES string of the molecule is C=C(/C=C(/CNC1CCc2c1ccc(C(=C)O)c2C)n1ccc(C(=O)Nc2ccccc2Cl)c1C)C(=O)NC. The van der Waals surface area contributed by atoms with Crippen LogP contribution in [0, 0.1) is 13.8 Å². The summed E-state index contributed by atoms with van der Waals surface area (Å²) in [5.74, 6) is -0.493. The zero-order valence-electron chi connectivity index (χ0n) is 22.4. The van der Waals surface area contributed by atoms with E-state index in [1.165, 1.54) is 11.1 Å². The number of carbonyl (C=O) groups is 2. The molecule has 0 saturated heterocycles. The summed E-state index contributed by atoms with van der Waals surface area (Å²) in [6, 6.07) is 12.8. The monoisotopic (exact) mass is 544 g/mol. The van der Waals surface area contributed by atoms with Crippen molar-refractivity contribution < 1.29 is 14.7 Å². The van der Waals surface area contributed by atoms with E-state index in [1.807, 2.05) is 36.7 Å². The van der Waals surface area contributed by atoms with Crippen molar-refractivity contribution in [1.29, 1.82) is 0 Å². The van der Waals surface area contributed by atoms with E-state index in [0.29, 0.717) is 34.1 Å². The molecule has 8 heteroatoms. The fraction of sp³-hybridized carbons (Fsp3) is 0.226. The number of nitrogens with zero attached hydrogens (tertiary/aromatic N) is 1. The number of nitrogens with one attached hydrogen (secondary N) is 3. The van der Waals surface area contributed by atoms with Gasteiger partial charge in [-0.3, -0.25) is 9.59 Å². The Morgan fingerprint density at radius 3 is 2.56 bits per heavy atom. The first kappa shape index (κ1) is 28.0. The Morgan fingerprint density at radius 1 is 1.13 bits per heavy atom. The molecule has 1 unspecified atom stereocenters. The lowest BCUT2D eigenvalue weighted by Crippen LogP contribution is -2.25. The summed E-state index contributed by atoms with van der Waals surface area (Å²) in [7, 11) is 1.56. The molecule has 0 bridgehead atoms. The third-order valence-corrected chi connectivity index (χ3v) is 7.54. The van der Waals surface area contributed by atoms with E-state index < -0.39 is 0 Å². The molecule has 0 aliphatic heterocycles. The lowest BCUT2D eigenvalue weighted by atomic mass is 9.97. The number of halogens is 1. The minimum Gasteiger partial charge on any atom is -0.508 e. The van der Waals surface area contributed by atoms with Gasteiger partial charge in [-0.2, -0.15) is 0 Å². The fourth-order valence-corrected chi connectivity index (χ4v) is 5.26. The molecule has 4 N–H and O–H groups in total. The van der Waals surface area contributed by atoms with Crippen molar-refractivity contribution in [3.8, 4) is 0 Å². The number of hydrogen-bond acceptors (Lipinski definition) is 4. The van der Waals surface area contributed by atoms with Gasteiger partial charge in [0.2, 0.25) is 5.91 Å². The molecule has 202 valence electrons. The van der Waals surface area contributed by atoms with Crippen LogP contribution in [0.4, 0.5) is 5.69 Å². The van der Waals surface area contributed by atoms with Gasteiger partial charge in [-0.15, -0.1) is 0 Å². The number of likely N-dealkylation sites (N-methyl/N-ethyl adjacent to an activating group) is 1. The summed E-state index contributed by atoms with van der Waals surface area (Å²) >= 11 is 6.22. The molecule has 0 radical (unpaired) electrons. The zero-order chi connectivity index (χ0) is 28.3. The van der Waals surface area contributed by atoms with Crippen LogP contribution in [-0.2, 0) is 11.2 Å². The average Bonchev–Trinajstić information content (AvgIpc) is 3.51. The van der Waals surface area contributed by atoms with Crippen LogP contribution in [0.25, 0.3) is 11.5 Å². The predicted molar refractivity (Wildman–Crippen MR) is 158 cm³/mol. The molecule has 0 saturated carbocycles. The van der Waals surface area contributed by atoms with Crippen molar-refractivity contribution in [3.05, 3.63) is 112 Å². The van der Waals surface area contributed by atoms with Gasteiger partial charge >= 0.3 is 0 Å². The highest BCUT2D eigenvalue weighted by atomic mass is 35.5. The molecule has 3 aromatic rings. The molecule has 1 atom stereocenters. The van der Waals surface area contributed by atoms with E-state index in [0.717, 1.165) is 29.7 Å². The van der Waals surface area contributed by atoms with E-state index in [-0.39, 0.29) is 23.6 Å². The Bertz CT molecular complexity index is 1500. The Balaban J connectivity index is 1.60. The molecule has 0 spiro atoms. The highest BCUT2D eigenvalue weighted by Crippen LogP contribution is 2.36. The summed E-state index contributed by atoms with van der Waals surface area (Å²) in [5, 5.41) is 19.5. The molecule has 1 heterocycles. The lowest BCUT2D eigenvalue weighted by Gasteiger charge is -2.19. The van der Waals surface area contributed by atoms with Gasteiger partial charge in [0.25, 0.3) is 5.91 Å². The minimum absolute atomic E-state index is 0.0714. The molecule has 1 aromatic heterocycles. The molecule has 39 heavy (non-hydrogen) atoms. The molecule has 0 fully saturated rings. The Hall–Kier alpha value is -4.07. The fourth-order valence-electron chi connectivity index (χ4n) is 5.08. The van der Waals surface area contributed by atoms with Gasteiger partial charge in [0.1, 0.15) is 5.76 Å². The van der Waals surface area contributed by atoms with Gasteiger partial charge in [0.05, 0.1) is 16.3 Å². The number of carbonyl (C=O) groups excluding carboxylic acids is 2. The number of benzene rings is 2. The highest BCUT2D eigenvalue weighted by molar-refractivity contribution is 6.33. The summed E-state index contributed by atoms with van der Waals surface area (Å²) in [4.78, 5) is 25.4. The maximum Gasteiger partial charge on any atom is 0.257 e. The summed E-state index contributed by atoms with van der Waals surface area (Å²) < 4.78 is 1.89. The number of aromatic nitrogens is 1. The van der Waals surface area contributed by atoms with Gasteiger partial charge < -0.3 is 25.6 Å².